The Morgan fingerprint density at radius 3 is 2.83 bits per heavy atom. The fourth-order valence-electron chi connectivity index (χ4n) is 4.30. The first-order valence-corrected chi connectivity index (χ1v) is 11.1. The van der Waals surface area contributed by atoms with E-state index in [1.165, 1.54) is 17.0 Å². The maximum Gasteiger partial charge on any atom is 0.260 e. The standard InChI is InChI=1S/C23H24FN3O2S/c1-23(2)18(14-9-16(30-13-14)12-27-7-5-25-6-8-27)11-20(29-23)21-17-4-3-15(24)10-19(17)26-22(21)28/h3-4,9-11,13,25H,5-8,12H2,1-2H3,(H,26,28). The van der Waals surface area contributed by atoms with Crippen molar-refractivity contribution in [3.05, 3.63) is 63.3 Å². The quantitative estimate of drug-likeness (QED) is 0.734. The van der Waals surface area contributed by atoms with Crippen LogP contribution in [0.15, 0.2) is 41.5 Å². The van der Waals surface area contributed by atoms with Gasteiger partial charge in [0, 0.05) is 48.7 Å². The molecule has 0 saturated carbocycles. The van der Waals surface area contributed by atoms with Crippen LogP contribution < -0.4 is 10.6 Å². The second kappa shape index (κ2) is 7.34. The zero-order valence-electron chi connectivity index (χ0n) is 17.0. The monoisotopic (exact) mass is 425 g/mol. The van der Waals surface area contributed by atoms with Gasteiger partial charge in [-0.15, -0.1) is 11.3 Å². The van der Waals surface area contributed by atoms with Gasteiger partial charge >= 0.3 is 0 Å². The third-order valence-corrected chi connectivity index (χ3v) is 6.74. The zero-order chi connectivity index (χ0) is 20.9. The maximum atomic E-state index is 13.6. The summed E-state index contributed by atoms with van der Waals surface area (Å²) in [6, 6.07) is 6.57. The van der Waals surface area contributed by atoms with Crippen molar-refractivity contribution in [3.63, 3.8) is 0 Å². The number of nitrogens with one attached hydrogen (secondary N) is 2. The fourth-order valence-corrected chi connectivity index (χ4v) is 5.23. The molecule has 7 heteroatoms. The highest BCUT2D eigenvalue weighted by atomic mass is 32.1. The van der Waals surface area contributed by atoms with Gasteiger partial charge in [-0.25, -0.2) is 4.39 Å². The minimum atomic E-state index is -0.557. The van der Waals surface area contributed by atoms with E-state index in [0.717, 1.165) is 43.9 Å². The summed E-state index contributed by atoms with van der Waals surface area (Å²) in [6.07, 6.45) is 1.96. The second-order valence-electron chi connectivity index (χ2n) is 8.38. The summed E-state index contributed by atoms with van der Waals surface area (Å²) in [4.78, 5) is 16.4. The van der Waals surface area contributed by atoms with Crippen molar-refractivity contribution in [2.75, 3.05) is 31.5 Å². The molecule has 5 rings (SSSR count). The van der Waals surface area contributed by atoms with Crippen molar-refractivity contribution < 1.29 is 13.9 Å². The van der Waals surface area contributed by atoms with Crippen molar-refractivity contribution >= 4 is 34.1 Å². The Labute approximate surface area is 179 Å². The van der Waals surface area contributed by atoms with Gasteiger partial charge in [-0.2, -0.15) is 0 Å². The third-order valence-electron chi connectivity index (χ3n) is 5.82. The molecule has 1 aromatic carbocycles. The number of anilines is 1. The number of amides is 1. The number of hydrogen-bond donors (Lipinski definition) is 2. The highest BCUT2D eigenvalue weighted by Crippen LogP contribution is 2.45. The number of hydrogen-bond acceptors (Lipinski definition) is 5. The molecule has 0 atom stereocenters. The summed E-state index contributed by atoms with van der Waals surface area (Å²) >= 11 is 1.76. The number of fused-ring (bicyclic) bond motifs is 1. The van der Waals surface area contributed by atoms with Gasteiger partial charge in [0.1, 0.15) is 17.2 Å². The predicted molar refractivity (Wildman–Crippen MR) is 118 cm³/mol. The molecule has 3 aliphatic rings. The van der Waals surface area contributed by atoms with E-state index in [0.29, 0.717) is 22.6 Å². The summed E-state index contributed by atoms with van der Waals surface area (Å²) in [7, 11) is 0. The normalized spacial score (nSPS) is 23.2. The Morgan fingerprint density at radius 1 is 1.23 bits per heavy atom. The molecular formula is C23H24FN3O2S. The van der Waals surface area contributed by atoms with Crippen LogP contribution in [0.4, 0.5) is 10.1 Å². The van der Waals surface area contributed by atoms with E-state index in [9.17, 15) is 9.18 Å². The molecule has 0 unspecified atom stereocenters. The second-order valence-corrected chi connectivity index (χ2v) is 9.38. The van der Waals surface area contributed by atoms with E-state index in [4.69, 9.17) is 4.74 Å². The first-order chi connectivity index (χ1) is 14.4. The van der Waals surface area contributed by atoms with Crippen LogP contribution in [0.1, 0.15) is 29.9 Å². The number of piperazine rings is 1. The topological polar surface area (TPSA) is 53.6 Å². The molecule has 0 bridgehead atoms. The molecule has 2 aromatic rings. The van der Waals surface area contributed by atoms with Gasteiger partial charge in [0.15, 0.2) is 0 Å². The van der Waals surface area contributed by atoms with E-state index in [1.807, 2.05) is 19.9 Å². The Kier molecular flexibility index (Phi) is 4.76. The number of carbonyl (C=O) groups is 1. The lowest BCUT2D eigenvalue weighted by molar-refractivity contribution is -0.111. The van der Waals surface area contributed by atoms with Crippen LogP contribution in [-0.4, -0.2) is 42.6 Å². The molecule has 1 aromatic heterocycles. The highest BCUT2D eigenvalue weighted by molar-refractivity contribution is 7.10. The van der Waals surface area contributed by atoms with Gasteiger partial charge < -0.3 is 15.4 Å². The van der Waals surface area contributed by atoms with Crippen molar-refractivity contribution in [1.29, 1.82) is 0 Å². The molecule has 1 amide bonds. The number of ether oxygens (including phenoxy) is 1. The zero-order valence-corrected chi connectivity index (χ0v) is 17.9. The largest absolute Gasteiger partial charge is 0.482 e. The van der Waals surface area contributed by atoms with Crippen LogP contribution in [0, 0.1) is 5.82 Å². The Bertz CT molecular complexity index is 1080. The number of allylic oxidation sites excluding steroid dienone is 1. The van der Waals surface area contributed by atoms with Crippen LogP contribution in [0.3, 0.4) is 0 Å². The van der Waals surface area contributed by atoms with Crippen LogP contribution in [0.2, 0.25) is 0 Å². The van der Waals surface area contributed by atoms with Crippen molar-refractivity contribution in [2.24, 2.45) is 0 Å². The van der Waals surface area contributed by atoms with Crippen LogP contribution in [-0.2, 0) is 16.1 Å². The van der Waals surface area contributed by atoms with Gasteiger partial charge in [-0.05, 0) is 55.1 Å². The van der Waals surface area contributed by atoms with E-state index in [2.05, 4.69) is 27.0 Å². The Hall–Kier alpha value is -2.48. The molecule has 4 heterocycles. The highest BCUT2D eigenvalue weighted by Gasteiger charge is 2.38. The fraction of sp³-hybridized carbons (Fsp3) is 0.348. The van der Waals surface area contributed by atoms with Crippen LogP contribution in [0.25, 0.3) is 11.1 Å². The predicted octanol–water partition coefficient (Wildman–Crippen LogP) is 3.85. The first-order valence-electron chi connectivity index (χ1n) is 10.2. The SMILES string of the molecule is CC1(C)OC(=C2C(=O)Nc3cc(F)ccc32)C=C1c1csc(CN2CCNCC2)c1. The summed E-state index contributed by atoms with van der Waals surface area (Å²) in [5.41, 5.74) is 3.25. The third kappa shape index (κ3) is 3.47. The van der Waals surface area contributed by atoms with Gasteiger partial charge in [0.2, 0.25) is 0 Å². The minimum Gasteiger partial charge on any atom is -0.482 e. The van der Waals surface area contributed by atoms with E-state index >= 15 is 0 Å². The first kappa shape index (κ1) is 19.5. The van der Waals surface area contributed by atoms with E-state index in [1.54, 1.807) is 17.4 Å². The van der Waals surface area contributed by atoms with Crippen molar-refractivity contribution in [3.8, 4) is 0 Å². The summed E-state index contributed by atoms with van der Waals surface area (Å²) < 4.78 is 19.8. The lowest BCUT2D eigenvalue weighted by Crippen LogP contribution is -2.42. The number of rotatable bonds is 3. The molecule has 0 spiro atoms. The van der Waals surface area contributed by atoms with Crippen molar-refractivity contribution in [2.45, 2.75) is 26.0 Å². The molecule has 30 heavy (non-hydrogen) atoms. The smallest absolute Gasteiger partial charge is 0.260 e. The van der Waals surface area contributed by atoms with E-state index < -0.39 is 5.60 Å². The minimum absolute atomic E-state index is 0.261. The number of halogens is 1. The van der Waals surface area contributed by atoms with Gasteiger partial charge in [-0.1, -0.05) is 0 Å². The summed E-state index contributed by atoms with van der Waals surface area (Å²) in [5.74, 6) is -0.101. The average molecular weight is 426 g/mol. The molecule has 3 aliphatic heterocycles. The Morgan fingerprint density at radius 2 is 2.03 bits per heavy atom. The van der Waals surface area contributed by atoms with E-state index in [-0.39, 0.29) is 11.7 Å². The number of benzene rings is 1. The maximum absolute atomic E-state index is 13.6. The average Bonchev–Trinajstić information content (AvgIpc) is 3.36. The van der Waals surface area contributed by atoms with Crippen molar-refractivity contribution in [1.82, 2.24) is 10.2 Å². The molecule has 0 radical (unpaired) electrons. The van der Waals surface area contributed by atoms with Gasteiger partial charge in [0.05, 0.1) is 11.3 Å². The molecule has 1 fully saturated rings. The molecule has 156 valence electrons. The van der Waals surface area contributed by atoms with Gasteiger partial charge in [0.25, 0.3) is 5.91 Å². The molecule has 1 saturated heterocycles. The lowest BCUT2D eigenvalue weighted by atomic mass is 9.94. The lowest BCUT2D eigenvalue weighted by Gasteiger charge is -2.26. The summed E-state index contributed by atoms with van der Waals surface area (Å²) in [5, 5.41) is 8.29. The number of nitrogens with zero attached hydrogens (tertiary/aromatic N) is 1. The number of carbonyl (C=O) groups excluding carboxylic acids is 1. The molecule has 2 N–H and O–H groups in total. The van der Waals surface area contributed by atoms with Crippen LogP contribution >= 0.6 is 11.3 Å². The Balaban J connectivity index is 1.47. The summed E-state index contributed by atoms with van der Waals surface area (Å²) in [6.45, 7) is 9.18. The molecule has 5 nitrogen and oxygen atoms in total. The van der Waals surface area contributed by atoms with Crippen LogP contribution in [0.5, 0.6) is 0 Å². The molecular weight excluding hydrogens is 401 g/mol. The number of thiophene rings is 1. The molecule has 0 aliphatic carbocycles. The van der Waals surface area contributed by atoms with Gasteiger partial charge in [-0.3, -0.25) is 9.69 Å².